The molecule has 2 nitrogen and oxygen atoms in total. The molecule has 1 aromatic carbocycles. The van der Waals surface area contributed by atoms with Gasteiger partial charge in [-0.3, -0.25) is 4.79 Å². The Bertz CT molecular complexity index is 579. The molecule has 0 saturated carbocycles. The Labute approximate surface area is 120 Å². The largest absolute Gasteiger partial charge is 0.465 e. The summed E-state index contributed by atoms with van der Waals surface area (Å²) in [5, 5.41) is 0. The second kappa shape index (κ2) is 6.38. The van der Waals surface area contributed by atoms with E-state index in [0.29, 0.717) is 13.0 Å². The van der Waals surface area contributed by atoms with Gasteiger partial charge in [0.05, 0.1) is 0 Å². The van der Waals surface area contributed by atoms with Crippen LogP contribution in [-0.2, 0) is 9.53 Å². The summed E-state index contributed by atoms with van der Waals surface area (Å²) in [6, 6.07) is 8.24. The maximum Gasteiger partial charge on any atom is 0.305 e. The molecule has 20 heavy (non-hydrogen) atoms. The molecule has 2 heteroatoms. The van der Waals surface area contributed by atoms with Gasteiger partial charge in [-0.25, -0.2) is 0 Å². The molecule has 0 N–H and O–H groups in total. The summed E-state index contributed by atoms with van der Waals surface area (Å²) in [4.78, 5) is 11.4. The number of carbonyl (C=O) groups is 1. The monoisotopic (exact) mass is 268 g/mol. The number of fused-ring (bicyclic) bond motifs is 1. The molecule has 0 aliphatic heterocycles. The van der Waals surface area contributed by atoms with Crippen molar-refractivity contribution in [3.05, 3.63) is 65.8 Å². The fraction of sp³-hybridized carbons (Fsp3) is 0.278. The van der Waals surface area contributed by atoms with Crippen LogP contribution >= 0.6 is 0 Å². The summed E-state index contributed by atoms with van der Waals surface area (Å²) in [5.74, 6) is -0.0553. The predicted molar refractivity (Wildman–Crippen MR) is 82.4 cm³/mol. The Morgan fingerprint density at radius 1 is 1.40 bits per heavy atom. The molecule has 1 unspecified atom stereocenters. The Morgan fingerprint density at radius 2 is 2.15 bits per heavy atom. The minimum Gasteiger partial charge on any atom is -0.465 e. The van der Waals surface area contributed by atoms with E-state index >= 15 is 0 Å². The zero-order valence-corrected chi connectivity index (χ0v) is 12.1. The van der Waals surface area contributed by atoms with Crippen molar-refractivity contribution in [1.82, 2.24) is 0 Å². The van der Waals surface area contributed by atoms with Crippen LogP contribution in [0.5, 0.6) is 0 Å². The summed E-state index contributed by atoms with van der Waals surface area (Å²) in [5.41, 5.74) is 4.71. The Hall–Kier alpha value is -2.09. The number of allylic oxidation sites excluding steroid dienone is 4. The second-order valence-electron chi connectivity index (χ2n) is 4.75. The van der Waals surface area contributed by atoms with Crippen molar-refractivity contribution in [3.63, 3.8) is 0 Å². The zero-order valence-electron chi connectivity index (χ0n) is 12.1. The van der Waals surface area contributed by atoms with Crippen LogP contribution in [0.3, 0.4) is 0 Å². The van der Waals surface area contributed by atoms with Gasteiger partial charge in [-0.2, -0.15) is 0 Å². The van der Waals surface area contributed by atoms with Crippen LogP contribution < -0.4 is 0 Å². The summed E-state index contributed by atoms with van der Waals surface area (Å²) in [6.07, 6.45) is 6.39. The van der Waals surface area contributed by atoms with Gasteiger partial charge in [-0.05, 0) is 29.2 Å². The number of carbonyl (C=O) groups excluding carboxylic acids is 1. The lowest BCUT2D eigenvalue weighted by molar-refractivity contribution is -0.143. The first kappa shape index (κ1) is 14.3. The standard InChI is InChI=1S/C18H20O2/c1-4-9-14-13(5-2)15-10-7-8-11-16(15)17(14)12-20-18(19)6-3/h4-5,7-11,17H,2,6,12H2,1,3H3/b9-4-. The van der Waals surface area contributed by atoms with Crippen molar-refractivity contribution in [1.29, 1.82) is 0 Å². The quantitative estimate of drug-likeness (QED) is 0.746. The van der Waals surface area contributed by atoms with Crippen LogP contribution in [-0.4, -0.2) is 12.6 Å². The summed E-state index contributed by atoms with van der Waals surface area (Å²) < 4.78 is 5.36. The van der Waals surface area contributed by atoms with Crippen LogP contribution in [0, 0.1) is 0 Å². The van der Waals surface area contributed by atoms with Gasteiger partial charge in [0.1, 0.15) is 6.61 Å². The molecular formula is C18H20O2. The van der Waals surface area contributed by atoms with E-state index in [0.717, 1.165) is 5.57 Å². The highest BCUT2D eigenvalue weighted by Crippen LogP contribution is 2.43. The molecule has 0 heterocycles. The first-order valence-electron chi connectivity index (χ1n) is 6.97. The average Bonchev–Trinajstić information content (AvgIpc) is 2.78. The highest BCUT2D eigenvalue weighted by molar-refractivity contribution is 5.86. The smallest absolute Gasteiger partial charge is 0.305 e. The molecule has 0 amide bonds. The normalized spacial score (nSPS) is 17.4. The van der Waals surface area contributed by atoms with Gasteiger partial charge >= 0.3 is 5.97 Å². The summed E-state index contributed by atoms with van der Waals surface area (Å²) in [7, 11) is 0. The van der Waals surface area contributed by atoms with Crippen molar-refractivity contribution >= 4 is 11.5 Å². The highest BCUT2D eigenvalue weighted by atomic mass is 16.5. The third-order valence-corrected chi connectivity index (χ3v) is 3.56. The number of esters is 1. The first-order chi connectivity index (χ1) is 9.72. The van der Waals surface area contributed by atoms with Gasteiger partial charge in [-0.15, -0.1) is 0 Å². The zero-order chi connectivity index (χ0) is 14.5. The average molecular weight is 268 g/mol. The molecule has 1 atom stereocenters. The Morgan fingerprint density at radius 3 is 2.80 bits per heavy atom. The number of ether oxygens (including phenoxy) is 1. The SMILES string of the molecule is C=CC1=C(/C=C\C)C(COC(=O)CC)c2ccccc21. The van der Waals surface area contributed by atoms with E-state index in [1.54, 1.807) is 0 Å². The van der Waals surface area contributed by atoms with Crippen LogP contribution in [0.2, 0.25) is 0 Å². The summed E-state index contributed by atoms with van der Waals surface area (Å²) >= 11 is 0. The van der Waals surface area contributed by atoms with Crippen LogP contribution in [0.4, 0.5) is 0 Å². The molecule has 0 radical (unpaired) electrons. The lowest BCUT2D eigenvalue weighted by atomic mass is 9.96. The van der Waals surface area contributed by atoms with Gasteiger partial charge in [0.15, 0.2) is 0 Å². The van der Waals surface area contributed by atoms with Crippen molar-refractivity contribution < 1.29 is 9.53 Å². The summed E-state index contributed by atoms with van der Waals surface area (Å²) in [6.45, 7) is 8.11. The predicted octanol–water partition coefficient (Wildman–Crippen LogP) is 4.25. The Balaban J connectivity index is 2.39. The van der Waals surface area contributed by atoms with Crippen molar-refractivity contribution in [2.45, 2.75) is 26.2 Å². The first-order valence-corrected chi connectivity index (χ1v) is 6.97. The van der Waals surface area contributed by atoms with E-state index in [-0.39, 0.29) is 11.9 Å². The molecule has 0 saturated heterocycles. The lowest BCUT2D eigenvalue weighted by Crippen LogP contribution is -2.12. The molecule has 1 aliphatic rings. The molecule has 104 valence electrons. The van der Waals surface area contributed by atoms with Crippen LogP contribution in [0.25, 0.3) is 5.57 Å². The van der Waals surface area contributed by atoms with Gasteiger partial charge in [-0.1, -0.05) is 56.0 Å². The fourth-order valence-electron chi connectivity index (χ4n) is 2.63. The molecule has 1 aliphatic carbocycles. The van der Waals surface area contributed by atoms with Crippen molar-refractivity contribution in [2.75, 3.05) is 6.61 Å². The third-order valence-electron chi connectivity index (χ3n) is 3.56. The lowest BCUT2D eigenvalue weighted by Gasteiger charge is -2.14. The Kier molecular flexibility index (Phi) is 4.57. The minimum absolute atomic E-state index is 0.103. The maximum absolute atomic E-state index is 11.4. The molecule has 2 rings (SSSR count). The van der Waals surface area contributed by atoms with E-state index in [1.807, 2.05) is 38.1 Å². The number of hydrogen-bond donors (Lipinski definition) is 0. The highest BCUT2D eigenvalue weighted by Gasteiger charge is 2.29. The van der Waals surface area contributed by atoms with Gasteiger partial charge < -0.3 is 4.74 Å². The third kappa shape index (κ3) is 2.60. The van der Waals surface area contributed by atoms with Crippen LogP contribution in [0.15, 0.2) is 54.6 Å². The van der Waals surface area contributed by atoms with E-state index < -0.39 is 0 Å². The van der Waals surface area contributed by atoms with Gasteiger partial charge in [0, 0.05) is 12.3 Å². The fourth-order valence-corrected chi connectivity index (χ4v) is 2.63. The van der Waals surface area contributed by atoms with E-state index in [1.165, 1.54) is 16.7 Å². The molecule has 0 spiro atoms. The number of rotatable bonds is 5. The van der Waals surface area contributed by atoms with Gasteiger partial charge in [0.25, 0.3) is 0 Å². The van der Waals surface area contributed by atoms with Crippen molar-refractivity contribution in [2.24, 2.45) is 0 Å². The van der Waals surface area contributed by atoms with E-state index in [9.17, 15) is 4.79 Å². The molecular weight excluding hydrogens is 248 g/mol. The topological polar surface area (TPSA) is 26.3 Å². The number of benzene rings is 1. The molecule has 0 fully saturated rings. The maximum atomic E-state index is 11.4. The molecule has 0 aromatic heterocycles. The molecule has 0 bridgehead atoms. The van der Waals surface area contributed by atoms with Gasteiger partial charge in [0.2, 0.25) is 0 Å². The minimum atomic E-state index is -0.158. The second-order valence-corrected chi connectivity index (χ2v) is 4.75. The number of hydrogen-bond acceptors (Lipinski definition) is 2. The van der Waals surface area contributed by atoms with Crippen LogP contribution in [0.1, 0.15) is 37.3 Å². The van der Waals surface area contributed by atoms with E-state index in [4.69, 9.17) is 4.74 Å². The van der Waals surface area contributed by atoms with E-state index in [2.05, 4.69) is 24.8 Å². The van der Waals surface area contributed by atoms with Crippen molar-refractivity contribution in [3.8, 4) is 0 Å². The molecule has 1 aromatic rings.